The molecule has 0 radical (unpaired) electrons. The summed E-state index contributed by atoms with van der Waals surface area (Å²) < 4.78 is 0. The Balaban J connectivity index is 2.32. The molecule has 0 atom stereocenters. The minimum absolute atomic E-state index is 0.0116. The maximum Gasteiger partial charge on any atom is 0.230 e. The lowest BCUT2D eigenvalue weighted by molar-refractivity contribution is -0.120. The molecule has 1 aromatic carbocycles. The molecule has 18 heavy (non-hydrogen) atoms. The van der Waals surface area contributed by atoms with E-state index in [0.29, 0.717) is 12.3 Å². The molecule has 3 nitrogen and oxygen atoms in total. The molecule has 1 aromatic rings. The fourth-order valence-corrected chi connectivity index (χ4v) is 2.34. The normalized spacial score (nSPS) is 11.3. The van der Waals surface area contributed by atoms with Crippen molar-refractivity contribution in [3.05, 3.63) is 34.9 Å². The summed E-state index contributed by atoms with van der Waals surface area (Å²) in [6.07, 6.45) is 0. The first kappa shape index (κ1) is 15.3. The molecular formula is C13H19ClN2OS. The number of nitrogens with two attached hydrogens (primary N) is 1. The molecule has 0 unspecified atom stereocenters. The molecule has 0 heterocycles. The monoisotopic (exact) mass is 286 g/mol. The molecule has 0 spiro atoms. The first-order valence-electron chi connectivity index (χ1n) is 5.76. The number of carbonyl (C=O) groups excluding carboxylic acids is 1. The van der Waals surface area contributed by atoms with Crippen molar-refractivity contribution < 1.29 is 4.79 Å². The maximum absolute atomic E-state index is 11.7. The third kappa shape index (κ3) is 5.76. The Morgan fingerprint density at radius 3 is 2.83 bits per heavy atom. The van der Waals surface area contributed by atoms with Crippen LogP contribution in [0.2, 0.25) is 5.02 Å². The van der Waals surface area contributed by atoms with Gasteiger partial charge in [0, 0.05) is 22.9 Å². The van der Waals surface area contributed by atoms with Crippen LogP contribution < -0.4 is 11.1 Å². The van der Waals surface area contributed by atoms with Gasteiger partial charge in [0.15, 0.2) is 0 Å². The van der Waals surface area contributed by atoms with E-state index in [1.54, 1.807) is 11.8 Å². The van der Waals surface area contributed by atoms with Gasteiger partial charge in [-0.3, -0.25) is 4.79 Å². The van der Waals surface area contributed by atoms with Gasteiger partial charge in [-0.15, -0.1) is 11.8 Å². The van der Waals surface area contributed by atoms with Crippen molar-refractivity contribution >= 4 is 29.3 Å². The van der Waals surface area contributed by atoms with E-state index in [-0.39, 0.29) is 11.4 Å². The minimum atomic E-state index is -0.340. The highest BCUT2D eigenvalue weighted by Crippen LogP contribution is 2.16. The molecule has 0 aromatic heterocycles. The van der Waals surface area contributed by atoms with Crippen molar-refractivity contribution in [2.24, 2.45) is 5.73 Å². The predicted molar refractivity (Wildman–Crippen MR) is 78.9 cm³/mol. The third-order valence-electron chi connectivity index (χ3n) is 2.38. The second kappa shape index (κ2) is 7.02. The Labute approximate surface area is 117 Å². The van der Waals surface area contributed by atoms with Crippen LogP contribution in [0.1, 0.15) is 19.4 Å². The number of amides is 1. The summed E-state index contributed by atoms with van der Waals surface area (Å²) in [6.45, 7) is 4.25. The number of carbonyl (C=O) groups is 1. The lowest BCUT2D eigenvalue weighted by atomic mass is 10.1. The van der Waals surface area contributed by atoms with Gasteiger partial charge in [0.05, 0.1) is 5.75 Å². The van der Waals surface area contributed by atoms with Gasteiger partial charge in [-0.1, -0.05) is 23.7 Å². The summed E-state index contributed by atoms with van der Waals surface area (Å²) >= 11 is 7.45. The maximum atomic E-state index is 11.7. The number of halogens is 1. The number of thioether (sulfide) groups is 1. The molecular weight excluding hydrogens is 268 g/mol. The number of rotatable bonds is 6. The van der Waals surface area contributed by atoms with Crippen LogP contribution in [0.3, 0.4) is 0 Å². The van der Waals surface area contributed by atoms with Gasteiger partial charge in [0.25, 0.3) is 0 Å². The average molecular weight is 287 g/mol. The molecule has 0 aliphatic heterocycles. The van der Waals surface area contributed by atoms with Crippen molar-refractivity contribution in [3.63, 3.8) is 0 Å². The highest BCUT2D eigenvalue weighted by Gasteiger charge is 2.17. The second-order valence-corrected chi connectivity index (χ2v) is 6.18. The van der Waals surface area contributed by atoms with E-state index in [9.17, 15) is 4.79 Å². The zero-order valence-electron chi connectivity index (χ0n) is 10.7. The summed E-state index contributed by atoms with van der Waals surface area (Å²) in [4.78, 5) is 11.7. The first-order valence-corrected chi connectivity index (χ1v) is 7.29. The van der Waals surface area contributed by atoms with Gasteiger partial charge in [0.1, 0.15) is 0 Å². The van der Waals surface area contributed by atoms with Crippen LogP contribution in [0.4, 0.5) is 0 Å². The summed E-state index contributed by atoms with van der Waals surface area (Å²) in [5, 5.41) is 3.62. The first-order chi connectivity index (χ1) is 8.43. The van der Waals surface area contributed by atoms with E-state index < -0.39 is 0 Å². The molecule has 100 valence electrons. The van der Waals surface area contributed by atoms with E-state index >= 15 is 0 Å². The summed E-state index contributed by atoms with van der Waals surface area (Å²) in [7, 11) is 0. The molecule has 0 aliphatic carbocycles. The van der Waals surface area contributed by atoms with Crippen LogP contribution >= 0.6 is 23.4 Å². The molecule has 0 saturated carbocycles. The van der Waals surface area contributed by atoms with Crippen molar-refractivity contribution in [2.45, 2.75) is 25.1 Å². The molecule has 0 saturated heterocycles. The Morgan fingerprint density at radius 2 is 2.22 bits per heavy atom. The van der Waals surface area contributed by atoms with Crippen LogP contribution in [-0.2, 0) is 10.5 Å². The van der Waals surface area contributed by atoms with Crippen LogP contribution in [-0.4, -0.2) is 23.7 Å². The standard InChI is InChI=1S/C13H19ClN2OS/c1-13(2,9-15)16-12(17)8-18-7-10-4-3-5-11(14)6-10/h3-6H,7-9,15H2,1-2H3,(H,16,17). The molecule has 0 bridgehead atoms. The molecule has 0 fully saturated rings. The average Bonchev–Trinajstić information content (AvgIpc) is 2.28. The molecule has 1 amide bonds. The summed E-state index contributed by atoms with van der Waals surface area (Å²) in [5.41, 5.74) is 6.34. The van der Waals surface area contributed by atoms with E-state index in [0.717, 1.165) is 16.3 Å². The van der Waals surface area contributed by atoms with E-state index in [4.69, 9.17) is 17.3 Å². The van der Waals surface area contributed by atoms with Gasteiger partial charge in [-0.05, 0) is 31.5 Å². The number of hydrogen-bond donors (Lipinski definition) is 2. The van der Waals surface area contributed by atoms with Crippen LogP contribution in [0.25, 0.3) is 0 Å². The van der Waals surface area contributed by atoms with E-state index in [1.165, 1.54) is 0 Å². The molecule has 5 heteroatoms. The van der Waals surface area contributed by atoms with Crippen LogP contribution in [0.5, 0.6) is 0 Å². The van der Waals surface area contributed by atoms with Crippen molar-refractivity contribution in [1.29, 1.82) is 0 Å². The lowest BCUT2D eigenvalue weighted by Crippen LogP contribution is -2.49. The molecule has 3 N–H and O–H groups in total. The Bertz CT molecular complexity index is 410. The molecule has 1 rings (SSSR count). The summed E-state index contributed by atoms with van der Waals surface area (Å²) in [6, 6.07) is 7.67. The van der Waals surface area contributed by atoms with Crippen LogP contribution in [0.15, 0.2) is 24.3 Å². The fraction of sp³-hybridized carbons (Fsp3) is 0.462. The topological polar surface area (TPSA) is 55.1 Å². The van der Waals surface area contributed by atoms with E-state index in [2.05, 4.69) is 5.32 Å². The van der Waals surface area contributed by atoms with Gasteiger partial charge in [-0.25, -0.2) is 0 Å². The highest BCUT2D eigenvalue weighted by molar-refractivity contribution is 7.99. The SMILES string of the molecule is CC(C)(CN)NC(=O)CSCc1cccc(Cl)c1. The number of nitrogens with one attached hydrogen (secondary N) is 1. The van der Waals surface area contributed by atoms with Gasteiger partial charge in [-0.2, -0.15) is 0 Å². The zero-order valence-corrected chi connectivity index (χ0v) is 12.3. The van der Waals surface area contributed by atoms with E-state index in [1.807, 2.05) is 38.1 Å². The van der Waals surface area contributed by atoms with Crippen LogP contribution in [0, 0.1) is 0 Å². The number of benzene rings is 1. The lowest BCUT2D eigenvalue weighted by Gasteiger charge is -2.24. The van der Waals surface area contributed by atoms with Gasteiger partial charge < -0.3 is 11.1 Å². The van der Waals surface area contributed by atoms with Crippen molar-refractivity contribution in [2.75, 3.05) is 12.3 Å². The minimum Gasteiger partial charge on any atom is -0.349 e. The highest BCUT2D eigenvalue weighted by atomic mass is 35.5. The Hall–Kier alpha value is -0.710. The Morgan fingerprint density at radius 1 is 1.50 bits per heavy atom. The molecule has 0 aliphatic rings. The number of hydrogen-bond acceptors (Lipinski definition) is 3. The largest absolute Gasteiger partial charge is 0.349 e. The van der Waals surface area contributed by atoms with Crippen molar-refractivity contribution in [3.8, 4) is 0 Å². The Kier molecular flexibility index (Phi) is 5.99. The van der Waals surface area contributed by atoms with Crippen molar-refractivity contribution in [1.82, 2.24) is 5.32 Å². The fourth-order valence-electron chi connectivity index (χ4n) is 1.35. The van der Waals surface area contributed by atoms with Gasteiger partial charge >= 0.3 is 0 Å². The quantitative estimate of drug-likeness (QED) is 0.844. The third-order valence-corrected chi connectivity index (χ3v) is 3.62. The smallest absolute Gasteiger partial charge is 0.230 e. The summed E-state index contributed by atoms with van der Waals surface area (Å²) in [5.74, 6) is 1.21. The predicted octanol–water partition coefficient (Wildman–Crippen LogP) is 2.43. The second-order valence-electron chi connectivity index (χ2n) is 4.76. The zero-order chi connectivity index (χ0) is 13.6. The van der Waals surface area contributed by atoms with Gasteiger partial charge in [0.2, 0.25) is 5.91 Å².